The quantitative estimate of drug-likeness (QED) is 0.0163. The van der Waals surface area contributed by atoms with Crippen molar-refractivity contribution in [2.45, 2.75) is 387 Å². The number of carboxylic acids is 4. The molecule has 0 saturated carbocycles. The fourth-order valence-corrected chi connectivity index (χ4v) is 11.9. The van der Waals surface area contributed by atoms with Crippen molar-refractivity contribution in [3.8, 4) is 0 Å². The maximum Gasteiger partial charge on any atom is 0.304 e. The zero-order valence-electron chi connectivity index (χ0n) is 62.2. The average Bonchev–Trinajstić information content (AvgIpc) is 0.894. The van der Waals surface area contributed by atoms with E-state index in [4.69, 9.17) is 88.2 Å². The maximum atomic E-state index is 9.55. The standard InChI is InChI=1S/C65H124O4S4.4C3H6O2S/c1-5-9-13-17-21-25-29-33-37-41-45-49-53-61(70)66-57-65(58-67-62(71)54-50-46-42-38-34-30-26-22-18-14-10-6-2,59-68-63(72)55-51-47-43-39-35-31-27-23-19-15-11-7-3)60-69-64(73)56-52-48-44-40-36-32-28-24-20-16-12-8-4;4*4-3(5)1-2-6/h5-60H2,1-4H3;4*6H,1-2H2,(H,4,5). The van der Waals surface area contributed by atoms with Crippen LogP contribution in [0.4, 0.5) is 0 Å². The van der Waals surface area contributed by atoms with Crippen LogP contribution in [0, 0.1) is 5.41 Å². The number of thiol groups is 4. The number of hydrogen-bond donors (Lipinski definition) is 8. The molecule has 0 aliphatic rings. The lowest BCUT2D eigenvalue weighted by molar-refractivity contribution is -0.137. The van der Waals surface area contributed by atoms with Crippen molar-refractivity contribution in [3.63, 3.8) is 0 Å². The molecule has 0 bridgehead atoms. The van der Waals surface area contributed by atoms with E-state index in [0.717, 1.165) is 51.4 Å². The fraction of sp³-hybridized carbons (Fsp3) is 0.896. The van der Waals surface area contributed by atoms with E-state index in [1.54, 1.807) is 0 Å². The lowest BCUT2D eigenvalue weighted by Crippen LogP contribution is -2.43. The number of carbonyl (C=O) groups is 4. The van der Waals surface area contributed by atoms with Gasteiger partial charge in [0.2, 0.25) is 0 Å². The van der Waals surface area contributed by atoms with Gasteiger partial charge < -0.3 is 39.4 Å². The third kappa shape index (κ3) is 99.1. The summed E-state index contributed by atoms with van der Waals surface area (Å²) < 4.78 is 26.0. The Morgan fingerprint density at radius 1 is 0.237 bits per heavy atom. The summed E-state index contributed by atoms with van der Waals surface area (Å²) in [7, 11) is 0. The Labute approximate surface area is 639 Å². The Kier molecular flexibility index (Phi) is 95.9. The first-order valence-corrected chi connectivity index (χ1v) is 43.0. The van der Waals surface area contributed by atoms with Gasteiger partial charge in [0.15, 0.2) is 20.2 Å². The minimum Gasteiger partial charge on any atom is -0.486 e. The van der Waals surface area contributed by atoms with Crippen LogP contribution in [0.15, 0.2) is 0 Å². The van der Waals surface area contributed by atoms with Crippen LogP contribution in [0.3, 0.4) is 0 Å². The molecule has 0 spiro atoms. The molecule has 12 nitrogen and oxygen atoms in total. The van der Waals surface area contributed by atoms with Crippen LogP contribution < -0.4 is 0 Å². The molecular formula is C77H148O12S8. The molecule has 0 atom stereocenters. The van der Waals surface area contributed by atoms with E-state index in [9.17, 15) is 19.2 Å². The normalized spacial score (nSPS) is 10.7. The van der Waals surface area contributed by atoms with E-state index in [0.29, 0.717) is 69.6 Å². The first-order valence-electron chi connectivity index (χ1n) is 38.8. The molecule has 0 saturated heterocycles. The van der Waals surface area contributed by atoms with Gasteiger partial charge in [0.1, 0.15) is 31.8 Å². The Hall–Kier alpha value is -1.16. The largest absolute Gasteiger partial charge is 0.486 e. The van der Waals surface area contributed by atoms with Crippen molar-refractivity contribution in [2.24, 2.45) is 5.41 Å². The number of unbranched alkanes of at least 4 members (excludes halogenated alkanes) is 44. The van der Waals surface area contributed by atoms with Gasteiger partial charge in [-0.1, -0.05) is 310 Å². The minimum absolute atomic E-state index is 0.156. The van der Waals surface area contributed by atoms with E-state index in [2.05, 4.69) is 78.2 Å². The summed E-state index contributed by atoms with van der Waals surface area (Å²) in [5, 5.41) is 34.1. The first kappa shape index (κ1) is 104. The molecule has 0 heterocycles. The Morgan fingerprint density at radius 2 is 0.361 bits per heavy atom. The Balaban J connectivity index is -0.000000987. The monoisotopic (exact) mass is 1520 g/mol. The van der Waals surface area contributed by atoms with Gasteiger partial charge in [0.05, 0.1) is 25.7 Å². The molecule has 576 valence electrons. The van der Waals surface area contributed by atoms with Crippen molar-refractivity contribution in [3.05, 3.63) is 0 Å². The smallest absolute Gasteiger partial charge is 0.304 e. The highest BCUT2D eigenvalue weighted by Crippen LogP contribution is 2.26. The molecule has 97 heavy (non-hydrogen) atoms. The molecule has 0 aromatic heterocycles. The molecule has 0 aromatic rings. The zero-order chi connectivity index (χ0) is 73.2. The van der Waals surface area contributed by atoms with Gasteiger partial charge in [-0.2, -0.15) is 50.5 Å². The first-order chi connectivity index (χ1) is 46.9. The molecule has 0 unspecified atom stereocenters. The number of rotatable bonds is 68. The highest BCUT2D eigenvalue weighted by molar-refractivity contribution is 7.81. The van der Waals surface area contributed by atoms with Crippen molar-refractivity contribution in [1.82, 2.24) is 0 Å². The van der Waals surface area contributed by atoms with Gasteiger partial charge >= 0.3 is 23.9 Å². The maximum absolute atomic E-state index is 9.55. The van der Waals surface area contributed by atoms with Crippen LogP contribution in [-0.2, 0) is 38.1 Å². The summed E-state index contributed by atoms with van der Waals surface area (Å²) >= 11 is 38.3. The average molecular weight is 1520 g/mol. The number of carboxylic acid groups (broad SMARTS) is 4. The number of ether oxygens (including phenoxy) is 4. The van der Waals surface area contributed by atoms with E-state index in [1.807, 2.05) is 0 Å². The highest BCUT2D eigenvalue weighted by atomic mass is 32.1. The lowest BCUT2D eigenvalue weighted by Gasteiger charge is -2.33. The molecule has 0 amide bonds. The molecule has 4 N–H and O–H groups in total. The van der Waals surface area contributed by atoms with Crippen molar-refractivity contribution in [1.29, 1.82) is 0 Å². The van der Waals surface area contributed by atoms with Gasteiger partial charge in [-0.15, -0.1) is 0 Å². The van der Waals surface area contributed by atoms with Gasteiger partial charge in [0.25, 0.3) is 0 Å². The summed E-state index contributed by atoms with van der Waals surface area (Å²) in [6, 6.07) is 0. The summed E-state index contributed by atoms with van der Waals surface area (Å²) in [4.78, 5) is 38.2. The summed E-state index contributed by atoms with van der Waals surface area (Å²) in [6.45, 7) is 10.5. The topological polar surface area (TPSA) is 186 Å². The van der Waals surface area contributed by atoms with E-state index in [-0.39, 0.29) is 25.7 Å². The van der Waals surface area contributed by atoms with E-state index >= 15 is 0 Å². The minimum atomic E-state index is -0.787. The Bertz CT molecular complexity index is 1500. The summed E-state index contributed by atoms with van der Waals surface area (Å²) in [5.41, 5.74) is -0.664. The summed E-state index contributed by atoms with van der Waals surface area (Å²) in [6.07, 6.45) is 67.2. The van der Waals surface area contributed by atoms with Gasteiger partial charge in [-0.25, -0.2) is 0 Å². The molecular weight excluding hydrogens is 1370 g/mol. The molecule has 0 aromatic carbocycles. The SMILES string of the molecule is CCCCCCCCCCCCCCC(=S)OCC(COC(=S)CCCCCCCCCCCCCC)(COC(=S)CCCCCCCCCCCCCC)COC(=S)CCCCCCCCCCCCCC.O=C(O)CCS.O=C(O)CCS.O=C(O)CCS.O=C(O)CCS. The second-order valence-electron chi connectivity index (χ2n) is 26.2. The van der Waals surface area contributed by atoms with Crippen LogP contribution in [0.5, 0.6) is 0 Å². The van der Waals surface area contributed by atoms with Gasteiger partial charge in [0, 0.05) is 48.7 Å². The summed E-state index contributed by atoms with van der Waals surface area (Å²) in [5.74, 6) is -1.44. The molecule has 0 aliphatic carbocycles. The van der Waals surface area contributed by atoms with Crippen molar-refractivity contribution >= 4 is 143 Å². The zero-order valence-corrected chi connectivity index (χ0v) is 69.1. The van der Waals surface area contributed by atoms with Crippen LogP contribution in [0.2, 0.25) is 0 Å². The van der Waals surface area contributed by atoms with Crippen LogP contribution in [-0.4, -0.2) is 114 Å². The number of aliphatic carboxylic acids is 4. The fourth-order valence-electron chi connectivity index (χ4n) is 10.3. The van der Waals surface area contributed by atoms with Crippen LogP contribution in [0.25, 0.3) is 0 Å². The predicted molar refractivity (Wildman–Crippen MR) is 444 cm³/mol. The number of thiocarbonyl (C=S) groups is 4. The third-order valence-electron chi connectivity index (χ3n) is 16.4. The van der Waals surface area contributed by atoms with Crippen molar-refractivity contribution < 1.29 is 58.6 Å². The molecule has 0 fully saturated rings. The second kappa shape index (κ2) is 89.1. The molecule has 0 rings (SSSR count). The van der Waals surface area contributed by atoms with Crippen molar-refractivity contribution in [2.75, 3.05) is 49.4 Å². The van der Waals surface area contributed by atoms with Gasteiger partial charge in [-0.3, -0.25) is 19.2 Å². The Morgan fingerprint density at radius 3 is 0.464 bits per heavy atom. The van der Waals surface area contributed by atoms with Crippen LogP contribution >= 0.6 is 99.4 Å². The second-order valence-corrected chi connectivity index (χ2v) is 29.8. The van der Waals surface area contributed by atoms with Crippen LogP contribution in [0.1, 0.15) is 387 Å². The van der Waals surface area contributed by atoms with E-state index in [1.165, 1.54) is 283 Å². The molecule has 0 radical (unpaired) electrons. The highest BCUT2D eigenvalue weighted by Gasteiger charge is 2.37. The molecule has 20 heteroatoms. The lowest BCUT2D eigenvalue weighted by atomic mass is 9.92. The number of hydrogen-bond acceptors (Lipinski definition) is 16. The molecule has 0 aliphatic heterocycles. The van der Waals surface area contributed by atoms with Gasteiger partial charge in [-0.05, 0) is 74.6 Å². The third-order valence-corrected chi connectivity index (χ3v) is 18.6. The van der Waals surface area contributed by atoms with E-state index < -0.39 is 29.3 Å². The predicted octanol–water partition coefficient (Wildman–Crippen LogP) is 25.3.